The second-order valence-electron chi connectivity index (χ2n) is 4.59. The van der Waals surface area contributed by atoms with E-state index in [1.165, 1.54) is 0 Å². The molecule has 1 aromatic rings. The molecule has 0 aliphatic heterocycles. The van der Waals surface area contributed by atoms with Gasteiger partial charge < -0.3 is 9.64 Å². The van der Waals surface area contributed by atoms with E-state index in [4.69, 9.17) is 4.74 Å². The van der Waals surface area contributed by atoms with Gasteiger partial charge in [-0.25, -0.2) is 9.79 Å². The molecular formula is C16H22N2O2. The highest BCUT2D eigenvalue weighted by Gasteiger charge is 2.13. The van der Waals surface area contributed by atoms with E-state index in [2.05, 4.69) is 18.5 Å². The van der Waals surface area contributed by atoms with Crippen molar-refractivity contribution in [3.8, 4) is 0 Å². The summed E-state index contributed by atoms with van der Waals surface area (Å²) in [5.74, 6) is -0.327. The third-order valence-electron chi connectivity index (χ3n) is 3.20. The molecule has 1 rings (SSSR count). The molecule has 0 radical (unpaired) electrons. The summed E-state index contributed by atoms with van der Waals surface area (Å²) in [5.41, 5.74) is 3.32. The van der Waals surface area contributed by atoms with Crippen molar-refractivity contribution in [1.82, 2.24) is 4.90 Å². The Morgan fingerprint density at radius 3 is 2.70 bits per heavy atom. The average Bonchev–Trinajstić information content (AvgIpc) is 2.45. The van der Waals surface area contributed by atoms with Crippen LogP contribution in [0.1, 0.15) is 28.4 Å². The lowest BCUT2D eigenvalue weighted by molar-refractivity contribution is 0.0549. The van der Waals surface area contributed by atoms with Crippen LogP contribution in [0.25, 0.3) is 0 Å². The Morgan fingerprint density at radius 1 is 1.40 bits per heavy atom. The van der Waals surface area contributed by atoms with Crippen molar-refractivity contribution in [2.75, 3.05) is 20.2 Å². The summed E-state index contributed by atoms with van der Waals surface area (Å²) >= 11 is 0. The molecule has 108 valence electrons. The molecule has 0 heterocycles. The number of hydrogen-bond acceptors (Lipinski definition) is 3. The first-order valence-electron chi connectivity index (χ1n) is 6.63. The zero-order valence-corrected chi connectivity index (χ0v) is 12.6. The Balaban J connectivity index is 3.00. The van der Waals surface area contributed by atoms with E-state index in [0.29, 0.717) is 5.56 Å². The van der Waals surface area contributed by atoms with Crippen LogP contribution in [0.15, 0.2) is 29.8 Å². The second-order valence-corrected chi connectivity index (χ2v) is 4.59. The molecule has 0 N–H and O–H groups in total. The van der Waals surface area contributed by atoms with Gasteiger partial charge in [0.1, 0.15) is 6.61 Å². The fourth-order valence-corrected chi connectivity index (χ4v) is 1.62. The standard InChI is InChI=1S/C16H22N2O2/c1-6-10-20-16(19)14-8-9-15(13(4)12(14)3)17-11-18(5)7-2/h6,8-9,11H,1,7,10H2,2-5H3. The monoisotopic (exact) mass is 274 g/mol. The molecule has 0 amide bonds. The van der Waals surface area contributed by atoms with Crippen LogP contribution in [0, 0.1) is 13.8 Å². The van der Waals surface area contributed by atoms with Gasteiger partial charge in [0.2, 0.25) is 0 Å². The van der Waals surface area contributed by atoms with Gasteiger partial charge in [0.05, 0.1) is 17.6 Å². The van der Waals surface area contributed by atoms with Gasteiger partial charge in [-0.2, -0.15) is 0 Å². The molecular weight excluding hydrogens is 252 g/mol. The molecule has 4 nitrogen and oxygen atoms in total. The summed E-state index contributed by atoms with van der Waals surface area (Å²) < 4.78 is 5.06. The molecule has 20 heavy (non-hydrogen) atoms. The Labute approximate surface area is 120 Å². The number of carbonyl (C=O) groups is 1. The third kappa shape index (κ3) is 3.95. The molecule has 0 aliphatic rings. The Bertz CT molecular complexity index is 521. The van der Waals surface area contributed by atoms with Crippen molar-refractivity contribution in [3.05, 3.63) is 41.5 Å². The maximum absolute atomic E-state index is 11.9. The predicted octanol–water partition coefficient (Wildman–Crippen LogP) is 3.26. The first-order chi connectivity index (χ1) is 9.51. The molecule has 0 spiro atoms. The lowest BCUT2D eigenvalue weighted by Crippen LogP contribution is -2.14. The molecule has 0 saturated carbocycles. The number of rotatable bonds is 6. The van der Waals surface area contributed by atoms with Gasteiger partial charge in [-0.3, -0.25) is 0 Å². The Kier molecular flexibility index (Phi) is 5.97. The summed E-state index contributed by atoms with van der Waals surface area (Å²) in [4.78, 5) is 18.3. The summed E-state index contributed by atoms with van der Waals surface area (Å²) in [6.45, 7) is 10.6. The quantitative estimate of drug-likeness (QED) is 0.346. The van der Waals surface area contributed by atoms with E-state index in [0.717, 1.165) is 23.4 Å². The number of carbonyl (C=O) groups excluding carboxylic acids is 1. The summed E-state index contributed by atoms with van der Waals surface area (Å²) in [5, 5.41) is 0. The van der Waals surface area contributed by atoms with Gasteiger partial charge in [-0.1, -0.05) is 12.7 Å². The first-order valence-corrected chi connectivity index (χ1v) is 6.63. The van der Waals surface area contributed by atoms with Crippen molar-refractivity contribution < 1.29 is 9.53 Å². The molecule has 0 saturated heterocycles. The summed E-state index contributed by atoms with van der Waals surface area (Å²) in [6.07, 6.45) is 3.34. The minimum atomic E-state index is -0.327. The number of benzene rings is 1. The van der Waals surface area contributed by atoms with Crippen molar-refractivity contribution in [2.24, 2.45) is 4.99 Å². The Hall–Kier alpha value is -2.10. The zero-order valence-electron chi connectivity index (χ0n) is 12.6. The van der Waals surface area contributed by atoms with Crippen molar-refractivity contribution in [1.29, 1.82) is 0 Å². The molecule has 0 aromatic heterocycles. The van der Waals surface area contributed by atoms with Gasteiger partial charge in [0, 0.05) is 13.6 Å². The third-order valence-corrected chi connectivity index (χ3v) is 3.20. The average molecular weight is 274 g/mol. The lowest BCUT2D eigenvalue weighted by Gasteiger charge is -2.12. The SMILES string of the molecule is C=CCOC(=O)c1ccc(N=CN(C)CC)c(C)c1C. The molecule has 0 unspecified atom stereocenters. The maximum atomic E-state index is 11.9. The first kappa shape index (κ1) is 16.0. The normalized spacial score (nSPS) is 10.6. The number of esters is 1. The van der Waals surface area contributed by atoms with Crippen molar-refractivity contribution in [3.63, 3.8) is 0 Å². The highest BCUT2D eigenvalue weighted by Crippen LogP contribution is 2.25. The number of ether oxygens (including phenoxy) is 1. The van der Waals surface area contributed by atoms with Crippen LogP contribution < -0.4 is 0 Å². The van der Waals surface area contributed by atoms with Gasteiger partial charge in [-0.05, 0) is 44.0 Å². The molecule has 0 atom stereocenters. The molecule has 0 aliphatic carbocycles. The van der Waals surface area contributed by atoms with E-state index in [1.807, 2.05) is 31.9 Å². The Morgan fingerprint density at radius 2 is 2.10 bits per heavy atom. The minimum absolute atomic E-state index is 0.221. The van der Waals surface area contributed by atoms with Crippen LogP contribution >= 0.6 is 0 Å². The van der Waals surface area contributed by atoms with Crippen molar-refractivity contribution >= 4 is 18.0 Å². The highest BCUT2D eigenvalue weighted by atomic mass is 16.5. The molecule has 1 aromatic carbocycles. The van der Waals surface area contributed by atoms with Crippen LogP contribution in [0.4, 0.5) is 5.69 Å². The van der Waals surface area contributed by atoms with Gasteiger partial charge in [0.25, 0.3) is 0 Å². The van der Waals surface area contributed by atoms with E-state index in [1.54, 1.807) is 18.5 Å². The fourth-order valence-electron chi connectivity index (χ4n) is 1.62. The largest absolute Gasteiger partial charge is 0.458 e. The molecule has 0 fully saturated rings. The van der Waals surface area contributed by atoms with Crippen LogP contribution in [0.5, 0.6) is 0 Å². The summed E-state index contributed by atoms with van der Waals surface area (Å²) in [7, 11) is 1.96. The minimum Gasteiger partial charge on any atom is -0.458 e. The smallest absolute Gasteiger partial charge is 0.338 e. The van der Waals surface area contributed by atoms with Crippen LogP contribution in [0.3, 0.4) is 0 Å². The highest BCUT2D eigenvalue weighted by molar-refractivity contribution is 5.92. The van der Waals surface area contributed by atoms with Gasteiger partial charge >= 0.3 is 5.97 Å². The summed E-state index contributed by atoms with van der Waals surface area (Å²) in [6, 6.07) is 3.60. The maximum Gasteiger partial charge on any atom is 0.338 e. The number of nitrogens with zero attached hydrogens (tertiary/aromatic N) is 2. The zero-order chi connectivity index (χ0) is 15.1. The van der Waals surface area contributed by atoms with E-state index >= 15 is 0 Å². The van der Waals surface area contributed by atoms with Crippen LogP contribution in [0.2, 0.25) is 0 Å². The van der Waals surface area contributed by atoms with E-state index < -0.39 is 0 Å². The second kappa shape index (κ2) is 7.48. The van der Waals surface area contributed by atoms with E-state index in [-0.39, 0.29) is 12.6 Å². The molecule has 0 bridgehead atoms. The molecule has 4 heteroatoms. The van der Waals surface area contributed by atoms with Gasteiger partial charge in [-0.15, -0.1) is 0 Å². The van der Waals surface area contributed by atoms with Gasteiger partial charge in [0.15, 0.2) is 0 Å². The van der Waals surface area contributed by atoms with E-state index in [9.17, 15) is 4.79 Å². The topological polar surface area (TPSA) is 41.9 Å². The fraction of sp³-hybridized carbons (Fsp3) is 0.375. The van der Waals surface area contributed by atoms with Crippen LogP contribution in [-0.4, -0.2) is 37.4 Å². The van der Waals surface area contributed by atoms with Crippen molar-refractivity contribution in [2.45, 2.75) is 20.8 Å². The number of hydrogen-bond donors (Lipinski definition) is 0. The lowest BCUT2D eigenvalue weighted by atomic mass is 10.0. The van der Waals surface area contributed by atoms with Crippen LogP contribution in [-0.2, 0) is 4.74 Å². The number of aliphatic imine (C=N–C) groups is 1. The predicted molar refractivity (Wildman–Crippen MR) is 82.9 cm³/mol.